The van der Waals surface area contributed by atoms with E-state index in [1.807, 2.05) is 35.2 Å². The fourth-order valence-corrected chi connectivity index (χ4v) is 2.11. The van der Waals surface area contributed by atoms with Gasteiger partial charge in [0.15, 0.2) is 0 Å². The van der Waals surface area contributed by atoms with E-state index in [1.165, 1.54) is 0 Å². The number of benzene rings is 1. The Kier molecular flexibility index (Phi) is 4.58. The van der Waals surface area contributed by atoms with Gasteiger partial charge >= 0.3 is 0 Å². The number of carbonyl (C=O) groups excluding carboxylic acids is 1. The third-order valence-electron chi connectivity index (χ3n) is 3.39. The lowest BCUT2D eigenvalue weighted by Gasteiger charge is -2.29. The van der Waals surface area contributed by atoms with E-state index in [9.17, 15) is 4.79 Å². The Hall–Kier alpha value is -1.81. The molecule has 1 aromatic rings. The van der Waals surface area contributed by atoms with E-state index in [-0.39, 0.29) is 11.9 Å². The van der Waals surface area contributed by atoms with Crippen molar-refractivity contribution >= 4 is 12.0 Å². The summed E-state index contributed by atoms with van der Waals surface area (Å²) in [5, 5.41) is 0. The molecule has 1 fully saturated rings. The molecule has 0 spiro atoms. The number of hydrogen-bond donors (Lipinski definition) is 1. The van der Waals surface area contributed by atoms with Crippen molar-refractivity contribution in [1.82, 2.24) is 4.90 Å². The van der Waals surface area contributed by atoms with Crippen LogP contribution >= 0.6 is 0 Å². The van der Waals surface area contributed by atoms with Crippen LogP contribution in [0, 0.1) is 0 Å². The number of amides is 1. The van der Waals surface area contributed by atoms with Crippen molar-refractivity contribution in [2.75, 3.05) is 20.2 Å². The zero-order valence-corrected chi connectivity index (χ0v) is 11.2. The highest BCUT2D eigenvalue weighted by Crippen LogP contribution is 2.13. The van der Waals surface area contributed by atoms with Crippen LogP contribution in [0.15, 0.2) is 30.3 Å². The Bertz CT molecular complexity index is 446. The van der Waals surface area contributed by atoms with Gasteiger partial charge in [0, 0.05) is 25.2 Å². The molecule has 1 saturated heterocycles. The van der Waals surface area contributed by atoms with Crippen molar-refractivity contribution in [1.29, 1.82) is 0 Å². The average Bonchev–Trinajstić information content (AvgIpc) is 2.46. The molecule has 1 aliphatic rings. The van der Waals surface area contributed by atoms with Crippen molar-refractivity contribution in [3.8, 4) is 5.75 Å². The van der Waals surface area contributed by atoms with Crippen LogP contribution in [0.5, 0.6) is 5.75 Å². The average molecular weight is 260 g/mol. The number of carbonyl (C=O) groups is 1. The first-order valence-corrected chi connectivity index (χ1v) is 6.55. The highest BCUT2D eigenvalue weighted by atomic mass is 16.5. The van der Waals surface area contributed by atoms with E-state index >= 15 is 0 Å². The van der Waals surface area contributed by atoms with Crippen molar-refractivity contribution in [2.24, 2.45) is 5.73 Å². The van der Waals surface area contributed by atoms with Crippen LogP contribution < -0.4 is 10.5 Å². The molecular weight excluding hydrogens is 240 g/mol. The van der Waals surface area contributed by atoms with Gasteiger partial charge in [0.1, 0.15) is 5.75 Å². The summed E-state index contributed by atoms with van der Waals surface area (Å²) in [4.78, 5) is 13.8. The van der Waals surface area contributed by atoms with Gasteiger partial charge in [-0.25, -0.2) is 0 Å². The number of hydrogen-bond acceptors (Lipinski definition) is 3. The summed E-state index contributed by atoms with van der Waals surface area (Å²) in [5.41, 5.74) is 6.81. The van der Waals surface area contributed by atoms with E-state index in [0.717, 1.165) is 37.2 Å². The van der Waals surface area contributed by atoms with Crippen LogP contribution in [0.1, 0.15) is 18.4 Å². The van der Waals surface area contributed by atoms with E-state index in [0.29, 0.717) is 0 Å². The summed E-state index contributed by atoms with van der Waals surface area (Å²) in [6.45, 7) is 1.51. The van der Waals surface area contributed by atoms with Crippen LogP contribution in [0.4, 0.5) is 0 Å². The second kappa shape index (κ2) is 6.38. The fraction of sp³-hybridized carbons (Fsp3) is 0.400. The second-order valence-electron chi connectivity index (χ2n) is 4.77. The van der Waals surface area contributed by atoms with Crippen LogP contribution in [-0.2, 0) is 4.79 Å². The lowest BCUT2D eigenvalue weighted by atomic mass is 10.1. The molecule has 102 valence electrons. The molecule has 0 aromatic heterocycles. The minimum Gasteiger partial charge on any atom is -0.497 e. The van der Waals surface area contributed by atoms with Crippen molar-refractivity contribution in [3.05, 3.63) is 35.9 Å². The predicted octanol–water partition coefficient (Wildman–Crippen LogP) is 1.66. The van der Waals surface area contributed by atoms with E-state index in [1.54, 1.807) is 13.2 Å². The maximum atomic E-state index is 12.0. The van der Waals surface area contributed by atoms with Gasteiger partial charge in [-0.15, -0.1) is 0 Å². The van der Waals surface area contributed by atoms with E-state index in [2.05, 4.69) is 0 Å². The summed E-state index contributed by atoms with van der Waals surface area (Å²) in [5.74, 6) is 0.871. The predicted molar refractivity (Wildman–Crippen MR) is 75.8 cm³/mol. The number of piperidine rings is 1. The fourth-order valence-electron chi connectivity index (χ4n) is 2.11. The molecule has 1 heterocycles. The molecule has 0 atom stereocenters. The minimum absolute atomic E-state index is 0.0581. The molecule has 1 aliphatic heterocycles. The highest BCUT2D eigenvalue weighted by Gasteiger charge is 2.18. The summed E-state index contributed by atoms with van der Waals surface area (Å²) >= 11 is 0. The Balaban J connectivity index is 1.92. The van der Waals surface area contributed by atoms with Gasteiger partial charge in [0.2, 0.25) is 5.91 Å². The summed E-state index contributed by atoms with van der Waals surface area (Å²) in [6.07, 6.45) is 5.24. The third kappa shape index (κ3) is 3.83. The number of likely N-dealkylation sites (tertiary alicyclic amines) is 1. The van der Waals surface area contributed by atoms with Gasteiger partial charge in [-0.3, -0.25) is 4.79 Å². The molecule has 4 nitrogen and oxygen atoms in total. The lowest BCUT2D eigenvalue weighted by molar-refractivity contribution is -0.126. The van der Waals surface area contributed by atoms with Crippen molar-refractivity contribution in [2.45, 2.75) is 18.9 Å². The van der Waals surface area contributed by atoms with Gasteiger partial charge in [0.05, 0.1) is 7.11 Å². The first kappa shape index (κ1) is 13.6. The van der Waals surface area contributed by atoms with E-state index in [4.69, 9.17) is 10.5 Å². The quantitative estimate of drug-likeness (QED) is 0.841. The third-order valence-corrected chi connectivity index (χ3v) is 3.39. The topological polar surface area (TPSA) is 55.6 Å². The van der Waals surface area contributed by atoms with Crippen LogP contribution in [0.3, 0.4) is 0 Å². The first-order valence-electron chi connectivity index (χ1n) is 6.55. The monoisotopic (exact) mass is 260 g/mol. The molecule has 1 aromatic carbocycles. The molecule has 4 heteroatoms. The summed E-state index contributed by atoms with van der Waals surface area (Å²) in [6, 6.07) is 7.85. The molecule has 0 saturated carbocycles. The maximum absolute atomic E-state index is 12.0. The van der Waals surface area contributed by atoms with Gasteiger partial charge in [-0.2, -0.15) is 0 Å². The normalized spacial score (nSPS) is 16.8. The molecular formula is C15H20N2O2. The lowest BCUT2D eigenvalue weighted by Crippen LogP contribution is -2.42. The minimum atomic E-state index is 0.0581. The van der Waals surface area contributed by atoms with Crippen LogP contribution in [-0.4, -0.2) is 37.0 Å². The molecule has 2 N–H and O–H groups in total. The van der Waals surface area contributed by atoms with Crippen molar-refractivity contribution < 1.29 is 9.53 Å². The smallest absolute Gasteiger partial charge is 0.246 e. The Morgan fingerprint density at radius 1 is 1.32 bits per heavy atom. The Morgan fingerprint density at radius 2 is 1.95 bits per heavy atom. The standard InChI is InChI=1S/C15H20N2O2/c1-19-14-5-2-12(3-6-14)4-7-15(18)17-10-8-13(16)9-11-17/h2-7,13H,8-11,16H2,1H3/b7-4+. The van der Waals surface area contributed by atoms with Gasteiger partial charge in [-0.1, -0.05) is 12.1 Å². The maximum Gasteiger partial charge on any atom is 0.246 e. The number of methoxy groups -OCH3 is 1. The molecule has 0 aliphatic carbocycles. The first-order chi connectivity index (χ1) is 9.19. The van der Waals surface area contributed by atoms with Gasteiger partial charge in [-0.05, 0) is 36.6 Å². The summed E-state index contributed by atoms with van der Waals surface area (Å²) in [7, 11) is 1.63. The van der Waals surface area contributed by atoms with E-state index < -0.39 is 0 Å². The zero-order valence-electron chi connectivity index (χ0n) is 11.2. The van der Waals surface area contributed by atoms with Gasteiger partial charge < -0.3 is 15.4 Å². The number of ether oxygens (including phenoxy) is 1. The number of rotatable bonds is 3. The Labute approximate surface area is 113 Å². The zero-order chi connectivity index (χ0) is 13.7. The molecule has 0 bridgehead atoms. The van der Waals surface area contributed by atoms with Crippen LogP contribution in [0.25, 0.3) is 6.08 Å². The van der Waals surface area contributed by atoms with Crippen molar-refractivity contribution in [3.63, 3.8) is 0 Å². The molecule has 1 amide bonds. The number of nitrogens with zero attached hydrogens (tertiary/aromatic N) is 1. The highest BCUT2D eigenvalue weighted by molar-refractivity contribution is 5.91. The van der Waals surface area contributed by atoms with Gasteiger partial charge in [0.25, 0.3) is 0 Å². The number of nitrogens with two attached hydrogens (primary N) is 1. The Morgan fingerprint density at radius 3 is 2.53 bits per heavy atom. The summed E-state index contributed by atoms with van der Waals surface area (Å²) < 4.78 is 5.09. The van der Waals surface area contributed by atoms with Crippen LogP contribution in [0.2, 0.25) is 0 Å². The SMILES string of the molecule is COc1ccc(/C=C/C(=O)N2CCC(N)CC2)cc1. The molecule has 19 heavy (non-hydrogen) atoms. The molecule has 2 rings (SSSR count). The second-order valence-corrected chi connectivity index (χ2v) is 4.77. The molecule has 0 unspecified atom stereocenters. The molecule has 0 radical (unpaired) electrons. The largest absolute Gasteiger partial charge is 0.497 e.